The van der Waals surface area contributed by atoms with Crippen LogP contribution in [0, 0.1) is 6.92 Å². The summed E-state index contributed by atoms with van der Waals surface area (Å²) in [4.78, 5) is 4.26. The molecule has 1 heterocycles. The van der Waals surface area contributed by atoms with E-state index in [1.165, 1.54) is 0 Å². The number of rotatable bonds is 2. The molecule has 0 bridgehead atoms. The maximum atomic E-state index is 5.91. The zero-order valence-electron chi connectivity index (χ0n) is 9.38. The first-order valence-corrected chi connectivity index (χ1v) is 6.58. The van der Waals surface area contributed by atoms with E-state index in [2.05, 4.69) is 20.9 Å². The van der Waals surface area contributed by atoms with Gasteiger partial charge in [-0.05, 0) is 35.0 Å². The minimum Gasteiger partial charge on any atom is -0.437 e. The van der Waals surface area contributed by atoms with Gasteiger partial charge in [0.25, 0.3) is 0 Å². The topological polar surface area (TPSA) is 48.1 Å². The van der Waals surface area contributed by atoms with Crippen LogP contribution in [0.15, 0.2) is 28.7 Å². The number of nitrogens with two attached hydrogens (primary N) is 1. The molecule has 0 aliphatic heterocycles. The summed E-state index contributed by atoms with van der Waals surface area (Å²) >= 11 is 15.1. The molecule has 0 unspecified atom stereocenters. The van der Waals surface area contributed by atoms with Crippen molar-refractivity contribution in [3.63, 3.8) is 0 Å². The van der Waals surface area contributed by atoms with Crippen molar-refractivity contribution in [2.24, 2.45) is 0 Å². The molecule has 0 amide bonds. The summed E-state index contributed by atoms with van der Waals surface area (Å²) in [7, 11) is 0. The zero-order valence-corrected chi connectivity index (χ0v) is 12.5. The molecule has 1 aromatic carbocycles. The van der Waals surface area contributed by atoms with Crippen LogP contribution in [-0.2, 0) is 0 Å². The van der Waals surface area contributed by atoms with Crippen LogP contribution in [0.5, 0.6) is 11.6 Å². The number of aromatic nitrogens is 1. The Morgan fingerprint density at radius 1 is 1.22 bits per heavy atom. The van der Waals surface area contributed by atoms with Gasteiger partial charge in [0, 0.05) is 16.6 Å². The number of benzene rings is 1. The van der Waals surface area contributed by atoms with Crippen LogP contribution < -0.4 is 10.5 Å². The van der Waals surface area contributed by atoms with Gasteiger partial charge in [0.15, 0.2) is 5.75 Å². The standard InChI is InChI=1S/C12H9BrCl2N2O/c1-6-7(13)2-3-12(17-6)18-11-5-9(15)8(14)4-10(11)16/h2-5H,16H2,1H3. The molecule has 0 atom stereocenters. The fourth-order valence-corrected chi connectivity index (χ4v) is 1.87. The van der Waals surface area contributed by atoms with Crippen molar-refractivity contribution in [3.05, 3.63) is 44.5 Å². The van der Waals surface area contributed by atoms with Gasteiger partial charge in [-0.1, -0.05) is 23.2 Å². The molecule has 0 spiro atoms. The lowest BCUT2D eigenvalue weighted by atomic mass is 10.3. The van der Waals surface area contributed by atoms with Crippen molar-refractivity contribution in [2.75, 3.05) is 5.73 Å². The SMILES string of the molecule is Cc1nc(Oc2cc(Cl)c(Cl)cc2N)ccc1Br. The summed E-state index contributed by atoms with van der Waals surface area (Å²) in [6, 6.07) is 6.70. The van der Waals surface area contributed by atoms with E-state index in [1.807, 2.05) is 13.0 Å². The number of nitrogen functional groups attached to an aromatic ring is 1. The van der Waals surface area contributed by atoms with Gasteiger partial charge in [-0.15, -0.1) is 0 Å². The number of anilines is 1. The molecule has 1 aromatic heterocycles. The quantitative estimate of drug-likeness (QED) is 0.791. The summed E-state index contributed by atoms with van der Waals surface area (Å²) in [5.74, 6) is 0.874. The van der Waals surface area contributed by atoms with Crippen molar-refractivity contribution in [1.29, 1.82) is 0 Å². The lowest BCUT2D eigenvalue weighted by molar-refractivity contribution is 0.463. The first kappa shape index (κ1) is 13.5. The molecule has 94 valence electrons. The Morgan fingerprint density at radius 2 is 1.89 bits per heavy atom. The van der Waals surface area contributed by atoms with Gasteiger partial charge in [0.2, 0.25) is 5.88 Å². The Bertz CT molecular complexity index is 605. The van der Waals surface area contributed by atoms with Gasteiger partial charge < -0.3 is 10.5 Å². The first-order chi connectivity index (χ1) is 8.47. The second kappa shape index (κ2) is 5.34. The summed E-state index contributed by atoms with van der Waals surface area (Å²) in [5, 5.41) is 0.774. The van der Waals surface area contributed by atoms with E-state index in [0.717, 1.165) is 10.2 Å². The normalized spacial score (nSPS) is 10.4. The monoisotopic (exact) mass is 346 g/mol. The minimum absolute atomic E-state index is 0.384. The molecule has 6 heteroatoms. The number of ether oxygens (including phenoxy) is 1. The van der Waals surface area contributed by atoms with Crippen LogP contribution in [0.25, 0.3) is 0 Å². The van der Waals surface area contributed by atoms with Crippen LogP contribution >= 0.6 is 39.1 Å². The highest BCUT2D eigenvalue weighted by atomic mass is 79.9. The van der Waals surface area contributed by atoms with Gasteiger partial charge in [0.05, 0.1) is 21.4 Å². The number of hydrogen-bond donors (Lipinski definition) is 1. The number of aryl methyl sites for hydroxylation is 1. The number of hydrogen-bond acceptors (Lipinski definition) is 3. The second-order valence-corrected chi connectivity index (χ2v) is 5.29. The summed E-state index contributed by atoms with van der Waals surface area (Å²) in [6.07, 6.45) is 0. The van der Waals surface area contributed by atoms with Gasteiger partial charge in [-0.3, -0.25) is 0 Å². The Labute approximate surface area is 123 Å². The van der Waals surface area contributed by atoms with Crippen molar-refractivity contribution in [2.45, 2.75) is 6.92 Å². The van der Waals surface area contributed by atoms with Crippen molar-refractivity contribution < 1.29 is 4.74 Å². The largest absolute Gasteiger partial charge is 0.437 e. The number of nitrogens with zero attached hydrogens (tertiary/aromatic N) is 1. The van der Waals surface area contributed by atoms with Crippen molar-refractivity contribution in [3.8, 4) is 11.6 Å². The Kier molecular flexibility index (Phi) is 4.00. The lowest BCUT2D eigenvalue weighted by Gasteiger charge is -2.09. The molecule has 0 aliphatic rings. The second-order valence-electron chi connectivity index (χ2n) is 3.62. The van der Waals surface area contributed by atoms with E-state index in [4.69, 9.17) is 33.7 Å². The third kappa shape index (κ3) is 2.88. The molecule has 2 aromatic rings. The number of halogens is 3. The van der Waals surface area contributed by atoms with Crippen LogP contribution in [0.2, 0.25) is 10.0 Å². The smallest absolute Gasteiger partial charge is 0.219 e. The van der Waals surface area contributed by atoms with Crippen LogP contribution in [-0.4, -0.2) is 4.98 Å². The molecule has 0 aliphatic carbocycles. The van der Waals surface area contributed by atoms with E-state index < -0.39 is 0 Å². The molecule has 2 rings (SSSR count). The third-order valence-corrected chi connectivity index (χ3v) is 3.82. The Morgan fingerprint density at radius 3 is 2.56 bits per heavy atom. The molecule has 18 heavy (non-hydrogen) atoms. The Balaban J connectivity index is 2.34. The van der Waals surface area contributed by atoms with Crippen molar-refractivity contribution >= 4 is 44.8 Å². The molecular formula is C12H9BrCl2N2O. The average molecular weight is 348 g/mol. The highest BCUT2D eigenvalue weighted by Gasteiger charge is 2.08. The minimum atomic E-state index is 0.384. The van der Waals surface area contributed by atoms with Gasteiger partial charge >= 0.3 is 0 Å². The average Bonchev–Trinajstić information content (AvgIpc) is 2.31. The van der Waals surface area contributed by atoms with Crippen LogP contribution in [0.3, 0.4) is 0 Å². The molecule has 0 fully saturated rings. The van der Waals surface area contributed by atoms with E-state index in [0.29, 0.717) is 27.4 Å². The van der Waals surface area contributed by atoms with Gasteiger partial charge in [-0.25, -0.2) is 4.98 Å². The van der Waals surface area contributed by atoms with Crippen molar-refractivity contribution in [1.82, 2.24) is 4.98 Å². The summed E-state index contributed by atoms with van der Waals surface area (Å²) < 4.78 is 6.49. The lowest BCUT2D eigenvalue weighted by Crippen LogP contribution is -1.95. The molecule has 2 N–H and O–H groups in total. The van der Waals surface area contributed by atoms with Gasteiger partial charge in [-0.2, -0.15) is 0 Å². The highest BCUT2D eigenvalue weighted by molar-refractivity contribution is 9.10. The zero-order chi connectivity index (χ0) is 13.3. The van der Waals surface area contributed by atoms with E-state index in [9.17, 15) is 0 Å². The Hall–Kier alpha value is -0.970. The summed E-state index contributed by atoms with van der Waals surface area (Å²) in [5.41, 5.74) is 7.04. The fraction of sp³-hybridized carbons (Fsp3) is 0.0833. The van der Waals surface area contributed by atoms with E-state index in [-0.39, 0.29) is 0 Å². The predicted molar refractivity (Wildman–Crippen MR) is 77.6 cm³/mol. The van der Waals surface area contributed by atoms with Gasteiger partial charge in [0.1, 0.15) is 0 Å². The van der Waals surface area contributed by atoms with E-state index >= 15 is 0 Å². The molecule has 0 saturated carbocycles. The molecule has 3 nitrogen and oxygen atoms in total. The van der Waals surface area contributed by atoms with E-state index in [1.54, 1.807) is 18.2 Å². The summed E-state index contributed by atoms with van der Waals surface area (Å²) in [6.45, 7) is 1.87. The number of pyridine rings is 1. The molecule has 0 saturated heterocycles. The molecular weight excluding hydrogens is 339 g/mol. The maximum Gasteiger partial charge on any atom is 0.219 e. The predicted octanol–water partition coefficient (Wildman–Crippen LogP) is 4.83. The maximum absolute atomic E-state index is 5.91. The third-order valence-electron chi connectivity index (χ3n) is 2.26. The first-order valence-electron chi connectivity index (χ1n) is 5.03. The highest BCUT2D eigenvalue weighted by Crippen LogP contribution is 2.34. The van der Waals surface area contributed by atoms with Crippen LogP contribution in [0.4, 0.5) is 5.69 Å². The molecule has 0 radical (unpaired) electrons. The fourth-order valence-electron chi connectivity index (χ4n) is 1.32. The van der Waals surface area contributed by atoms with Crippen LogP contribution in [0.1, 0.15) is 5.69 Å².